The zero-order valence-electron chi connectivity index (χ0n) is 25.1. The summed E-state index contributed by atoms with van der Waals surface area (Å²) in [5.74, 6) is -1.09. The average molecular weight is 628 g/mol. The Morgan fingerprint density at radius 2 is 2.07 bits per heavy atom. The second-order valence-corrected chi connectivity index (χ2v) is 14.2. The molecule has 0 aliphatic heterocycles. The highest BCUT2D eigenvalue weighted by molar-refractivity contribution is 7.99. The molecule has 44 heavy (non-hydrogen) atoms. The molecule has 1 aromatic carbocycles. The predicted octanol–water partition coefficient (Wildman–Crippen LogP) is 4.99. The molecule has 236 valence electrons. The zero-order valence-corrected chi connectivity index (χ0v) is 25.9. The largest absolute Gasteiger partial charge is 0.450 e. The molecule has 4 aliphatic rings. The summed E-state index contributed by atoms with van der Waals surface area (Å²) in [6.45, 7) is 4.16. The minimum Gasteiger partial charge on any atom is -0.450 e. The average Bonchev–Trinajstić information content (AvgIpc) is 3.55. The molecule has 8 atom stereocenters. The molecule has 0 saturated heterocycles. The highest BCUT2D eigenvalue weighted by atomic mass is 32.2. The molecule has 3 fully saturated rings. The number of benzene rings is 1. The number of thioether (sulfide) groups is 1. The Morgan fingerprint density at radius 3 is 2.73 bits per heavy atom. The number of fused-ring (bicyclic) bond motifs is 5. The fraction of sp³-hybridized carbons (Fsp3) is 0.562. The third kappa shape index (κ3) is 4.80. The van der Waals surface area contributed by atoms with Crippen LogP contribution >= 0.6 is 11.8 Å². The topological polar surface area (TPSA) is 136 Å². The van der Waals surface area contributed by atoms with Crippen LogP contribution < -0.4 is 5.73 Å². The van der Waals surface area contributed by atoms with Crippen LogP contribution in [0.25, 0.3) is 0 Å². The molecule has 0 bridgehead atoms. The lowest BCUT2D eigenvalue weighted by atomic mass is 9.45. The summed E-state index contributed by atoms with van der Waals surface area (Å²) in [6.07, 6.45) is 7.76. The van der Waals surface area contributed by atoms with E-state index in [0.29, 0.717) is 36.7 Å². The number of nitrogens with two attached hydrogens (primary N) is 1. The Morgan fingerprint density at radius 1 is 1.32 bits per heavy atom. The lowest BCUT2D eigenvalue weighted by Crippen LogP contribution is -2.63. The van der Waals surface area contributed by atoms with Gasteiger partial charge in [0.1, 0.15) is 17.3 Å². The molecule has 4 unspecified atom stereocenters. The van der Waals surface area contributed by atoms with Gasteiger partial charge in [0, 0.05) is 12.5 Å². The number of hydrogen-bond donors (Lipinski definition) is 3. The Hall–Kier alpha value is -3.09. The van der Waals surface area contributed by atoms with Gasteiger partial charge < -0.3 is 20.7 Å². The van der Waals surface area contributed by atoms with Gasteiger partial charge in [0.05, 0.1) is 23.7 Å². The van der Waals surface area contributed by atoms with Crippen LogP contribution in [0.5, 0.6) is 0 Å². The number of aliphatic hydroxyl groups excluding tert-OH is 2. The molecule has 3 saturated carbocycles. The highest BCUT2D eigenvalue weighted by Crippen LogP contribution is 2.69. The Labute approximate surface area is 259 Å². The van der Waals surface area contributed by atoms with Gasteiger partial charge in [-0.25, -0.2) is 18.6 Å². The maximum atomic E-state index is 13.7. The summed E-state index contributed by atoms with van der Waals surface area (Å²) in [5.41, 5.74) is 5.60. The molecule has 0 amide bonds. The number of aliphatic imine (C=N–C) groups is 1. The lowest BCUT2D eigenvalue weighted by Gasteiger charge is -2.61. The van der Waals surface area contributed by atoms with E-state index < -0.39 is 39.9 Å². The van der Waals surface area contributed by atoms with Crippen LogP contribution in [0, 0.1) is 34.4 Å². The van der Waals surface area contributed by atoms with Gasteiger partial charge in [0.15, 0.2) is 11.3 Å². The molecule has 9 nitrogen and oxygen atoms in total. The smallest absolute Gasteiger partial charge is 0.361 e. The maximum Gasteiger partial charge on any atom is 0.361 e. The number of aliphatic hydroxyl groups is 2. The van der Waals surface area contributed by atoms with Gasteiger partial charge in [-0.1, -0.05) is 36.4 Å². The Kier molecular flexibility index (Phi) is 7.99. The predicted molar refractivity (Wildman–Crippen MR) is 163 cm³/mol. The van der Waals surface area contributed by atoms with Crippen molar-refractivity contribution in [2.24, 2.45) is 46.4 Å². The molecule has 0 radical (unpaired) electrons. The van der Waals surface area contributed by atoms with Crippen molar-refractivity contribution in [3.05, 3.63) is 65.4 Å². The molecular formula is C32H39F2N5O4S. The number of carbonyl (C=O) groups is 1. The molecule has 12 heteroatoms. The zero-order chi connectivity index (χ0) is 31.4. The number of rotatable bonds is 6. The van der Waals surface area contributed by atoms with E-state index in [1.807, 2.05) is 6.92 Å². The second-order valence-electron chi connectivity index (χ2n) is 13.2. The molecule has 6 rings (SSSR count). The fourth-order valence-corrected chi connectivity index (χ4v) is 9.91. The lowest BCUT2D eigenvalue weighted by molar-refractivity contribution is -0.187. The first kappa shape index (κ1) is 30.9. The quantitative estimate of drug-likeness (QED) is 0.301. The van der Waals surface area contributed by atoms with Crippen LogP contribution in [0.3, 0.4) is 0 Å². The molecule has 0 spiro atoms. The number of allylic oxidation sites excluding steroid dienone is 3. The Balaban J connectivity index is 1.35. The first-order valence-corrected chi connectivity index (χ1v) is 16.1. The van der Waals surface area contributed by atoms with E-state index in [0.717, 1.165) is 24.1 Å². The molecule has 1 aromatic heterocycles. The third-order valence-electron chi connectivity index (χ3n) is 11.0. The first-order valence-electron chi connectivity index (χ1n) is 15.1. The van der Waals surface area contributed by atoms with Gasteiger partial charge in [-0.05, 0) is 104 Å². The van der Waals surface area contributed by atoms with Crippen LogP contribution in [0.2, 0.25) is 0 Å². The van der Waals surface area contributed by atoms with Gasteiger partial charge in [0.2, 0.25) is 0 Å². The minimum absolute atomic E-state index is 0.00646. The summed E-state index contributed by atoms with van der Waals surface area (Å²) in [5, 5.41) is 31.2. The van der Waals surface area contributed by atoms with Crippen LogP contribution in [-0.4, -0.2) is 60.0 Å². The van der Waals surface area contributed by atoms with E-state index in [1.165, 1.54) is 28.6 Å². The summed E-state index contributed by atoms with van der Waals surface area (Å²) in [6, 6.07) is 5.17. The summed E-state index contributed by atoms with van der Waals surface area (Å²) >= 11 is 0.701. The van der Waals surface area contributed by atoms with Crippen molar-refractivity contribution in [3.8, 4) is 0 Å². The van der Waals surface area contributed by atoms with Crippen molar-refractivity contribution in [2.75, 3.05) is 6.01 Å². The first-order chi connectivity index (χ1) is 21.0. The monoisotopic (exact) mass is 627 g/mol. The number of aryl methyl sites for hydroxylation is 1. The van der Waals surface area contributed by atoms with Crippen LogP contribution in [-0.2, 0) is 11.8 Å². The number of ether oxygens (including phenoxy) is 1. The number of nitrogens with zero attached hydrogens (tertiary/aromatic N) is 4. The van der Waals surface area contributed by atoms with Crippen molar-refractivity contribution in [1.82, 2.24) is 15.0 Å². The molecule has 2 aromatic rings. The number of halogens is 2. The summed E-state index contributed by atoms with van der Waals surface area (Å²) in [7, 11) is 1.64. The van der Waals surface area contributed by atoms with E-state index in [-0.39, 0.29) is 35.7 Å². The Bertz CT molecular complexity index is 1530. The van der Waals surface area contributed by atoms with Crippen molar-refractivity contribution in [1.29, 1.82) is 0 Å². The van der Waals surface area contributed by atoms with Gasteiger partial charge in [-0.2, -0.15) is 0 Å². The molecule has 4 N–H and O–H groups in total. The van der Waals surface area contributed by atoms with E-state index >= 15 is 0 Å². The van der Waals surface area contributed by atoms with Crippen molar-refractivity contribution in [3.63, 3.8) is 0 Å². The fourth-order valence-electron chi connectivity index (χ4n) is 9.09. The van der Waals surface area contributed by atoms with Crippen molar-refractivity contribution in [2.45, 2.75) is 69.5 Å². The minimum atomic E-state index is -1.42. The molecular weight excluding hydrogens is 588 g/mol. The number of alkyl halides is 1. The van der Waals surface area contributed by atoms with E-state index in [9.17, 15) is 23.8 Å². The van der Waals surface area contributed by atoms with Crippen LogP contribution in [0.4, 0.5) is 14.5 Å². The van der Waals surface area contributed by atoms with E-state index in [4.69, 9.17) is 15.5 Å². The van der Waals surface area contributed by atoms with E-state index in [2.05, 4.69) is 23.3 Å². The summed E-state index contributed by atoms with van der Waals surface area (Å²) < 4.78 is 34.7. The second kappa shape index (κ2) is 11.4. The van der Waals surface area contributed by atoms with Gasteiger partial charge in [0.25, 0.3) is 0 Å². The van der Waals surface area contributed by atoms with Crippen molar-refractivity contribution < 1.29 is 28.5 Å². The molecule has 1 heterocycles. The number of carbonyl (C=O) groups excluding carboxylic acids is 1. The van der Waals surface area contributed by atoms with E-state index in [1.54, 1.807) is 25.4 Å². The SMILES string of the molecule is Cn1cc(C(=O)O[C@]2(C(O)SCF)CCC3[C@@H]4CCC5=CC(=Nc6ccc(F)cc6)C(=CN)C[C@]5(C)C4C(O)C[C@@]32C)nn1. The van der Waals surface area contributed by atoms with Crippen LogP contribution in [0.15, 0.2) is 58.9 Å². The van der Waals surface area contributed by atoms with Gasteiger partial charge >= 0.3 is 5.97 Å². The highest BCUT2D eigenvalue weighted by Gasteiger charge is 2.70. The number of esters is 1. The summed E-state index contributed by atoms with van der Waals surface area (Å²) in [4.78, 5) is 18.1. The standard InChI is InChI=1S/C32H39F2N5O4S/c1-30-13-18(15-35)24(36-21-7-5-20(34)6-8-21)12-19(30)4-9-22-23-10-11-32(29(42)44-17-33,31(23,2)14-26(40)27(22)30)43-28(41)25-16-39(3)38-37-25/h5-8,12,15-16,22-23,26-27,29,40,42H,4,9-11,13-14,17,35H2,1-3H3/t22-,23?,26?,27?,29?,30-,31-,32-/m0/s1. The normalized spacial score (nSPS) is 37.2. The number of hydrogen-bond acceptors (Lipinski definition) is 9. The van der Waals surface area contributed by atoms with Crippen molar-refractivity contribution >= 4 is 29.1 Å². The third-order valence-corrected chi connectivity index (χ3v) is 11.9. The van der Waals surface area contributed by atoms with Gasteiger partial charge in [-0.3, -0.25) is 4.68 Å². The maximum absolute atomic E-state index is 13.7. The number of aromatic nitrogens is 3. The van der Waals surface area contributed by atoms with Crippen LogP contribution in [0.1, 0.15) is 62.9 Å². The van der Waals surface area contributed by atoms with Gasteiger partial charge in [-0.15, -0.1) is 5.10 Å². The molecule has 4 aliphatic carbocycles.